The zero-order chi connectivity index (χ0) is 11.2. The Kier molecular flexibility index (Phi) is 5.54. The maximum atomic E-state index is 9.02. The lowest BCUT2D eigenvalue weighted by Gasteiger charge is -2.24. The summed E-state index contributed by atoms with van der Waals surface area (Å²) in [6.07, 6.45) is 0.902. The molecule has 0 aromatic carbocycles. The topological polar surface area (TPSA) is 35.8 Å². The minimum atomic E-state index is -0.354. The Morgan fingerprint density at radius 2 is 1.86 bits per heavy atom. The predicted molar refractivity (Wildman–Crippen MR) is 64.5 cm³/mol. The lowest BCUT2D eigenvalue weighted by atomic mass is 10.0. The van der Waals surface area contributed by atoms with Gasteiger partial charge in [-0.15, -0.1) is 0 Å². The van der Waals surface area contributed by atoms with E-state index in [1.54, 1.807) is 0 Å². The van der Waals surface area contributed by atoms with Crippen molar-refractivity contribution in [1.29, 1.82) is 5.26 Å². The molecule has 0 radical (unpaired) electrons. The van der Waals surface area contributed by atoms with Crippen molar-refractivity contribution in [3.05, 3.63) is 0 Å². The second-order valence-corrected chi connectivity index (χ2v) is 6.61. The van der Waals surface area contributed by atoms with Crippen LogP contribution < -0.4 is 5.32 Å². The van der Waals surface area contributed by atoms with Crippen molar-refractivity contribution in [3.63, 3.8) is 0 Å². The summed E-state index contributed by atoms with van der Waals surface area (Å²) in [6, 6.07) is 2.34. The molecule has 1 atom stereocenters. The van der Waals surface area contributed by atoms with Gasteiger partial charge in [0.25, 0.3) is 0 Å². The number of nitrogens with one attached hydrogen (secondary N) is 1. The first-order valence-corrected chi connectivity index (χ1v) is 6.12. The Bertz CT molecular complexity index is 202. The van der Waals surface area contributed by atoms with Gasteiger partial charge in [0.15, 0.2) is 0 Å². The first-order valence-electron chi connectivity index (χ1n) is 5.13. The van der Waals surface area contributed by atoms with Gasteiger partial charge in [0, 0.05) is 4.75 Å². The largest absolute Gasteiger partial charge is 0.300 e. The number of nitrogens with zero attached hydrogens (tertiary/aromatic N) is 1. The molecule has 0 aliphatic carbocycles. The molecule has 0 bridgehead atoms. The summed E-state index contributed by atoms with van der Waals surface area (Å²) in [4.78, 5) is 0. The third-order valence-electron chi connectivity index (χ3n) is 1.95. The van der Waals surface area contributed by atoms with Crippen LogP contribution in [0, 0.1) is 11.3 Å². The minimum Gasteiger partial charge on any atom is -0.300 e. The highest BCUT2D eigenvalue weighted by molar-refractivity contribution is 8.00. The van der Waals surface area contributed by atoms with Gasteiger partial charge in [0.2, 0.25) is 0 Å². The fourth-order valence-electron chi connectivity index (χ4n) is 1.14. The zero-order valence-corrected chi connectivity index (χ0v) is 10.8. The van der Waals surface area contributed by atoms with Crippen LogP contribution in [-0.2, 0) is 0 Å². The first-order chi connectivity index (χ1) is 6.33. The standard InChI is InChI=1S/C11H22N2S/c1-6-13-11(5,9-12)7-8-14-10(2,3)4/h13H,6-8H2,1-5H3. The van der Waals surface area contributed by atoms with E-state index in [0.29, 0.717) is 4.75 Å². The molecule has 0 rings (SSSR count). The maximum Gasteiger partial charge on any atom is 0.104 e. The van der Waals surface area contributed by atoms with Crippen molar-refractivity contribution in [2.75, 3.05) is 12.3 Å². The van der Waals surface area contributed by atoms with Crippen molar-refractivity contribution in [2.45, 2.75) is 51.3 Å². The van der Waals surface area contributed by atoms with Gasteiger partial charge in [0.1, 0.15) is 5.54 Å². The molecule has 0 aromatic heterocycles. The van der Waals surface area contributed by atoms with E-state index in [4.69, 9.17) is 5.26 Å². The Hall–Kier alpha value is -0.200. The molecule has 3 heteroatoms. The van der Waals surface area contributed by atoms with E-state index in [1.165, 1.54) is 0 Å². The SMILES string of the molecule is CCNC(C)(C#N)CCSC(C)(C)C. The number of hydrogen-bond donors (Lipinski definition) is 1. The molecule has 82 valence electrons. The van der Waals surface area contributed by atoms with Crippen LogP contribution in [0.25, 0.3) is 0 Å². The van der Waals surface area contributed by atoms with Crippen LogP contribution in [0.3, 0.4) is 0 Å². The monoisotopic (exact) mass is 214 g/mol. The number of nitriles is 1. The van der Waals surface area contributed by atoms with Gasteiger partial charge in [-0.3, -0.25) is 5.32 Å². The van der Waals surface area contributed by atoms with E-state index in [0.717, 1.165) is 18.7 Å². The first kappa shape index (κ1) is 13.8. The van der Waals surface area contributed by atoms with Crippen molar-refractivity contribution < 1.29 is 0 Å². The molecule has 0 spiro atoms. The predicted octanol–water partition coefficient (Wildman–Crippen LogP) is 2.80. The average molecular weight is 214 g/mol. The molecule has 0 amide bonds. The fourth-order valence-corrected chi connectivity index (χ4v) is 2.26. The molecule has 0 aromatic rings. The number of thioether (sulfide) groups is 1. The third-order valence-corrected chi connectivity index (χ3v) is 3.23. The van der Waals surface area contributed by atoms with Crippen molar-refractivity contribution in [2.24, 2.45) is 0 Å². The molecule has 0 saturated carbocycles. The highest BCUT2D eigenvalue weighted by Crippen LogP contribution is 2.25. The van der Waals surface area contributed by atoms with Crippen LogP contribution in [0.15, 0.2) is 0 Å². The van der Waals surface area contributed by atoms with Gasteiger partial charge in [-0.1, -0.05) is 27.7 Å². The summed E-state index contributed by atoms with van der Waals surface area (Å²) < 4.78 is 0.294. The van der Waals surface area contributed by atoms with E-state index in [9.17, 15) is 0 Å². The van der Waals surface area contributed by atoms with Crippen molar-refractivity contribution >= 4 is 11.8 Å². The number of rotatable bonds is 5. The molecule has 1 N–H and O–H groups in total. The van der Waals surface area contributed by atoms with Crippen molar-refractivity contribution in [1.82, 2.24) is 5.32 Å². The molecule has 2 nitrogen and oxygen atoms in total. The van der Waals surface area contributed by atoms with Crippen LogP contribution in [0.2, 0.25) is 0 Å². The summed E-state index contributed by atoms with van der Waals surface area (Å²) in [7, 11) is 0. The second-order valence-electron chi connectivity index (χ2n) is 4.69. The zero-order valence-electron chi connectivity index (χ0n) is 9.98. The van der Waals surface area contributed by atoms with Gasteiger partial charge in [-0.25, -0.2) is 0 Å². The van der Waals surface area contributed by atoms with Crippen LogP contribution in [-0.4, -0.2) is 22.6 Å². The van der Waals surface area contributed by atoms with E-state index in [2.05, 4.69) is 32.2 Å². The van der Waals surface area contributed by atoms with Gasteiger partial charge in [0.05, 0.1) is 6.07 Å². The molecular weight excluding hydrogens is 192 g/mol. The van der Waals surface area contributed by atoms with Gasteiger partial charge in [-0.05, 0) is 25.6 Å². The van der Waals surface area contributed by atoms with Gasteiger partial charge >= 0.3 is 0 Å². The summed E-state index contributed by atoms with van der Waals surface area (Å²) in [5.41, 5.74) is -0.354. The Balaban J connectivity index is 3.92. The molecule has 14 heavy (non-hydrogen) atoms. The van der Waals surface area contributed by atoms with E-state index < -0.39 is 0 Å². The Morgan fingerprint density at radius 1 is 1.29 bits per heavy atom. The van der Waals surface area contributed by atoms with Crippen LogP contribution >= 0.6 is 11.8 Å². The summed E-state index contributed by atoms with van der Waals surface area (Å²) >= 11 is 1.91. The summed E-state index contributed by atoms with van der Waals surface area (Å²) in [6.45, 7) is 11.5. The van der Waals surface area contributed by atoms with Gasteiger partial charge in [-0.2, -0.15) is 17.0 Å². The lowest BCUT2D eigenvalue weighted by Crippen LogP contribution is -2.41. The summed E-state index contributed by atoms with van der Waals surface area (Å²) in [5, 5.41) is 12.2. The molecule has 0 aliphatic heterocycles. The number of hydrogen-bond acceptors (Lipinski definition) is 3. The Morgan fingerprint density at radius 3 is 2.21 bits per heavy atom. The van der Waals surface area contributed by atoms with Gasteiger partial charge < -0.3 is 0 Å². The highest BCUT2D eigenvalue weighted by atomic mass is 32.2. The van der Waals surface area contributed by atoms with Crippen LogP contribution in [0.4, 0.5) is 0 Å². The lowest BCUT2D eigenvalue weighted by molar-refractivity contribution is 0.450. The van der Waals surface area contributed by atoms with E-state index in [1.807, 2.05) is 25.6 Å². The molecule has 0 fully saturated rings. The third kappa shape index (κ3) is 6.28. The Labute approximate surface area is 92.5 Å². The van der Waals surface area contributed by atoms with Crippen LogP contribution in [0.1, 0.15) is 41.0 Å². The molecule has 1 unspecified atom stereocenters. The summed E-state index contributed by atoms with van der Waals surface area (Å²) in [5.74, 6) is 1.03. The molecule has 0 heterocycles. The maximum absolute atomic E-state index is 9.02. The molecule has 0 saturated heterocycles. The van der Waals surface area contributed by atoms with E-state index in [-0.39, 0.29) is 5.54 Å². The second kappa shape index (κ2) is 5.63. The fraction of sp³-hybridized carbons (Fsp3) is 0.909. The smallest absolute Gasteiger partial charge is 0.104 e. The van der Waals surface area contributed by atoms with Crippen LogP contribution in [0.5, 0.6) is 0 Å². The molecule has 0 aliphatic rings. The van der Waals surface area contributed by atoms with Crippen molar-refractivity contribution in [3.8, 4) is 6.07 Å². The minimum absolute atomic E-state index is 0.294. The molecular formula is C11H22N2S. The normalized spacial score (nSPS) is 16.0. The quantitative estimate of drug-likeness (QED) is 0.764. The average Bonchev–Trinajstić information content (AvgIpc) is 2.02. The van der Waals surface area contributed by atoms with E-state index >= 15 is 0 Å². The highest BCUT2D eigenvalue weighted by Gasteiger charge is 2.22.